The van der Waals surface area contributed by atoms with Crippen molar-refractivity contribution in [2.45, 2.75) is 62.4 Å². The summed E-state index contributed by atoms with van der Waals surface area (Å²) in [5, 5.41) is 8.10. The summed E-state index contributed by atoms with van der Waals surface area (Å²) in [4.78, 5) is 4.99. The molecule has 5 rings (SSSR count). The third-order valence-electron chi connectivity index (χ3n) is 5.71. The number of fused-ring (bicyclic) bond motifs is 3. The van der Waals surface area contributed by atoms with Gasteiger partial charge in [-0.1, -0.05) is 12.8 Å². The zero-order valence-corrected chi connectivity index (χ0v) is 12.2. The molecule has 2 fully saturated rings. The van der Waals surface area contributed by atoms with Crippen molar-refractivity contribution in [3.05, 3.63) is 23.5 Å². The summed E-state index contributed by atoms with van der Waals surface area (Å²) >= 11 is 0. The minimum Gasteiger partial charge on any atom is -0.365 e. The molecular weight excluding hydrogens is 262 g/mol. The lowest BCUT2D eigenvalue weighted by molar-refractivity contribution is 0.429. The van der Waals surface area contributed by atoms with Crippen LogP contribution >= 0.6 is 0 Å². The minimum atomic E-state index is 0.293. The maximum Gasteiger partial charge on any atom is 0.157 e. The second-order valence-corrected chi connectivity index (χ2v) is 7.03. The number of hydrogen-bond donors (Lipinski definition) is 2. The summed E-state index contributed by atoms with van der Waals surface area (Å²) in [5.74, 6) is 1.15. The molecule has 0 aromatic carbocycles. The van der Waals surface area contributed by atoms with Gasteiger partial charge in [0.1, 0.15) is 5.82 Å². The van der Waals surface area contributed by atoms with Gasteiger partial charge in [0.05, 0.1) is 11.9 Å². The molecule has 0 unspecified atom stereocenters. The monoisotopic (exact) mass is 283 g/mol. The van der Waals surface area contributed by atoms with E-state index in [4.69, 9.17) is 10.7 Å². The van der Waals surface area contributed by atoms with E-state index in [-0.39, 0.29) is 0 Å². The average Bonchev–Trinajstić information content (AvgIpc) is 2.98. The van der Waals surface area contributed by atoms with Crippen LogP contribution < -0.4 is 11.1 Å². The lowest BCUT2D eigenvalue weighted by Gasteiger charge is -2.23. The van der Waals surface area contributed by atoms with Gasteiger partial charge in [-0.25, -0.2) is 4.98 Å². The lowest BCUT2D eigenvalue weighted by Crippen LogP contribution is -2.21. The second-order valence-electron chi connectivity index (χ2n) is 7.03. The third kappa shape index (κ3) is 1.61. The van der Waals surface area contributed by atoms with Gasteiger partial charge in [-0.2, -0.15) is 9.61 Å². The maximum absolute atomic E-state index is 5.99. The molecule has 2 aromatic heterocycles. The smallest absolute Gasteiger partial charge is 0.157 e. The first-order chi connectivity index (χ1) is 10.3. The molecule has 3 aliphatic rings. The zero-order valence-electron chi connectivity index (χ0n) is 12.2. The molecule has 21 heavy (non-hydrogen) atoms. The molecule has 5 heteroatoms. The highest BCUT2D eigenvalue weighted by atomic mass is 15.3. The normalized spacial score (nSPS) is 29.2. The SMILES string of the molecule is N[C@H]1C[C@@H]1Nc1c2c(nc3ccnn13)C1(CCCC1)CC2. The van der Waals surface area contributed by atoms with Crippen molar-refractivity contribution < 1.29 is 0 Å². The Balaban J connectivity index is 1.69. The van der Waals surface area contributed by atoms with Gasteiger partial charge in [-0.05, 0) is 32.1 Å². The van der Waals surface area contributed by atoms with Gasteiger partial charge in [0.15, 0.2) is 5.65 Å². The van der Waals surface area contributed by atoms with Crippen molar-refractivity contribution in [3.8, 4) is 0 Å². The zero-order chi connectivity index (χ0) is 14.0. The van der Waals surface area contributed by atoms with Gasteiger partial charge in [0.25, 0.3) is 0 Å². The van der Waals surface area contributed by atoms with Crippen LogP contribution in [-0.4, -0.2) is 26.7 Å². The van der Waals surface area contributed by atoms with Crippen molar-refractivity contribution in [2.75, 3.05) is 5.32 Å². The van der Waals surface area contributed by atoms with Gasteiger partial charge < -0.3 is 11.1 Å². The highest BCUT2D eigenvalue weighted by Gasteiger charge is 2.45. The van der Waals surface area contributed by atoms with Gasteiger partial charge in [0, 0.05) is 29.1 Å². The Bertz CT molecular complexity index is 713. The molecule has 1 spiro atoms. The van der Waals surface area contributed by atoms with Gasteiger partial charge in [-0.3, -0.25) is 0 Å². The van der Waals surface area contributed by atoms with Crippen molar-refractivity contribution in [1.29, 1.82) is 0 Å². The van der Waals surface area contributed by atoms with Crippen LogP contribution in [0.2, 0.25) is 0 Å². The van der Waals surface area contributed by atoms with Crippen LogP contribution in [0.3, 0.4) is 0 Å². The predicted octanol–water partition coefficient (Wildman–Crippen LogP) is 2.00. The van der Waals surface area contributed by atoms with E-state index in [1.54, 1.807) is 0 Å². The molecule has 5 nitrogen and oxygen atoms in total. The van der Waals surface area contributed by atoms with Gasteiger partial charge >= 0.3 is 0 Å². The summed E-state index contributed by atoms with van der Waals surface area (Å²) < 4.78 is 1.97. The topological polar surface area (TPSA) is 68.2 Å². The number of rotatable bonds is 2. The maximum atomic E-state index is 5.99. The van der Waals surface area contributed by atoms with Gasteiger partial charge in [0.2, 0.25) is 0 Å². The van der Waals surface area contributed by atoms with Crippen LogP contribution in [0.5, 0.6) is 0 Å². The molecule has 0 bridgehead atoms. The first-order valence-electron chi connectivity index (χ1n) is 8.16. The Morgan fingerprint density at radius 2 is 2.10 bits per heavy atom. The molecule has 0 saturated heterocycles. The Kier molecular flexibility index (Phi) is 2.27. The summed E-state index contributed by atoms with van der Waals surface area (Å²) in [6.07, 6.45) is 10.6. The van der Waals surface area contributed by atoms with Crippen LogP contribution in [0.4, 0.5) is 5.82 Å². The highest BCUT2D eigenvalue weighted by Crippen LogP contribution is 2.51. The Hall–Kier alpha value is -1.62. The first-order valence-corrected chi connectivity index (χ1v) is 8.16. The fourth-order valence-corrected chi connectivity index (χ4v) is 4.38. The van der Waals surface area contributed by atoms with Crippen molar-refractivity contribution in [2.24, 2.45) is 5.73 Å². The van der Waals surface area contributed by atoms with E-state index in [0.717, 1.165) is 24.3 Å². The van der Waals surface area contributed by atoms with E-state index in [1.807, 2.05) is 16.8 Å². The van der Waals surface area contributed by atoms with E-state index in [0.29, 0.717) is 17.5 Å². The largest absolute Gasteiger partial charge is 0.365 e. The standard InChI is InChI=1S/C16H21N5/c17-11-9-12(11)19-15-10-3-7-16(5-1-2-6-16)14(10)20-13-4-8-18-21(13)15/h4,8,11-12,19H,1-3,5-7,9,17H2/t11-,12-/m0/s1. The van der Waals surface area contributed by atoms with Crippen LogP contribution in [-0.2, 0) is 11.8 Å². The van der Waals surface area contributed by atoms with Crippen molar-refractivity contribution in [1.82, 2.24) is 14.6 Å². The number of nitrogens with one attached hydrogen (secondary N) is 1. The van der Waals surface area contributed by atoms with Crippen LogP contribution in [0.25, 0.3) is 5.65 Å². The van der Waals surface area contributed by atoms with E-state index in [1.165, 1.54) is 43.4 Å². The molecule has 3 aliphatic carbocycles. The molecule has 110 valence electrons. The molecule has 2 aromatic rings. The molecule has 2 heterocycles. The van der Waals surface area contributed by atoms with E-state index in [9.17, 15) is 0 Å². The molecule has 2 saturated carbocycles. The molecular formula is C16H21N5. The summed E-state index contributed by atoms with van der Waals surface area (Å²) in [6, 6.07) is 2.71. The van der Waals surface area contributed by atoms with E-state index >= 15 is 0 Å². The Morgan fingerprint density at radius 3 is 2.86 bits per heavy atom. The van der Waals surface area contributed by atoms with Crippen LogP contribution in [0, 0.1) is 0 Å². The average molecular weight is 283 g/mol. The van der Waals surface area contributed by atoms with Crippen molar-refractivity contribution >= 4 is 11.5 Å². The molecule has 2 atom stereocenters. The molecule has 0 amide bonds. The summed E-state index contributed by atoms with van der Waals surface area (Å²) in [6.45, 7) is 0. The fourth-order valence-electron chi connectivity index (χ4n) is 4.38. The number of aromatic nitrogens is 3. The molecule has 0 aliphatic heterocycles. The molecule has 0 radical (unpaired) electrons. The fraction of sp³-hybridized carbons (Fsp3) is 0.625. The minimum absolute atomic E-state index is 0.293. The quantitative estimate of drug-likeness (QED) is 0.884. The highest BCUT2D eigenvalue weighted by molar-refractivity contribution is 5.60. The second kappa shape index (κ2) is 3.97. The van der Waals surface area contributed by atoms with Crippen LogP contribution in [0.1, 0.15) is 49.8 Å². The predicted molar refractivity (Wildman–Crippen MR) is 81.5 cm³/mol. The van der Waals surface area contributed by atoms with Crippen LogP contribution in [0.15, 0.2) is 12.3 Å². The first kappa shape index (κ1) is 12.0. The number of anilines is 1. The summed E-state index contributed by atoms with van der Waals surface area (Å²) in [5.41, 5.74) is 10.1. The van der Waals surface area contributed by atoms with E-state index in [2.05, 4.69) is 10.4 Å². The number of hydrogen-bond acceptors (Lipinski definition) is 4. The third-order valence-corrected chi connectivity index (χ3v) is 5.71. The number of nitrogens with zero attached hydrogens (tertiary/aromatic N) is 3. The van der Waals surface area contributed by atoms with E-state index < -0.39 is 0 Å². The number of nitrogens with two attached hydrogens (primary N) is 1. The lowest BCUT2D eigenvalue weighted by atomic mass is 9.83. The summed E-state index contributed by atoms with van der Waals surface area (Å²) in [7, 11) is 0. The van der Waals surface area contributed by atoms with Gasteiger partial charge in [-0.15, -0.1) is 0 Å². The Labute approximate surface area is 123 Å². The molecule has 3 N–H and O–H groups in total. The Morgan fingerprint density at radius 1 is 1.29 bits per heavy atom. The van der Waals surface area contributed by atoms with Crippen molar-refractivity contribution in [3.63, 3.8) is 0 Å².